The monoisotopic (exact) mass is 318 g/mol. The molecule has 2 aliphatic carbocycles. The van der Waals surface area contributed by atoms with Crippen LogP contribution in [0.5, 0.6) is 0 Å². The highest BCUT2D eigenvalue weighted by molar-refractivity contribution is 5.70. The number of carbonyl (C=O) groups is 1. The van der Waals surface area contributed by atoms with Crippen LogP contribution in [0.25, 0.3) is 0 Å². The number of nitrogens with one attached hydrogen (secondary N) is 1. The Morgan fingerprint density at radius 1 is 1.43 bits per heavy atom. The molecule has 0 spiro atoms. The topological polar surface area (TPSA) is 81.5 Å². The van der Waals surface area contributed by atoms with Gasteiger partial charge in [-0.2, -0.15) is 0 Å². The fraction of sp³-hybridized carbons (Fsp3) is 0.588. The second-order valence-electron chi connectivity index (χ2n) is 6.46. The first kappa shape index (κ1) is 15.8. The standard InChI is InChI=1S/C17H22N2O4/c1-2-23-16(20)8-3-12-11-14(19(21)22)6-7-15(12)18-17(9-10-17)13-4-5-13/h6-7,11,13,18H,2-5,8-10H2,1H3. The third kappa shape index (κ3) is 3.63. The van der Waals surface area contributed by atoms with Gasteiger partial charge in [-0.1, -0.05) is 0 Å². The minimum absolute atomic E-state index is 0.0608. The lowest BCUT2D eigenvalue weighted by atomic mass is 10.0. The van der Waals surface area contributed by atoms with Crippen LogP contribution in [0.2, 0.25) is 0 Å². The van der Waals surface area contributed by atoms with E-state index in [0.717, 1.165) is 30.0 Å². The Kier molecular flexibility index (Phi) is 4.24. The molecule has 23 heavy (non-hydrogen) atoms. The molecule has 2 fully saturated rings. The van der Waals surface area contributed by atoms with E-state index in [4.69, 9.17) is 4.74 Å². The van der Waals surface area contributed by atoms with Gasteiger partial charge in [0.25, 0.3) is 5.69 Å². The Balaban J connectivity index is 1.76. The average molecular weight is 318 g/mol. The molecule has 0 bridgehead atoms. The number of rotatable bonds is 8. The van der Waals surface area contributed by atoms with E-state index in [1.54, 1.807) is 19.1 Å². The highest BCUT2D eigenvalue weighted by Crippen LogP contribution is 2.55. The summed E-state index contributed by atoms with van der Waals surface area (Å²) in [7, 11) is 0. The molecule has 6 nitrogen and oxygen atoms in total. The van der Waals surface area contributed by atoms with Crippen molar-refractivity contribution in [1.29, 1.82) is 0 Å². The Bertz CT molecular complexity index is 621. The Morgan fingerprint density at radius 3 is 2.74 bits per heavy atom. The van der Waals surface area contributed by atoms with E-state index in [9.17, 15) is 14.9 Å². The lowest BCUT2D eigenvalue weighted by molar-refractivity contribution is -0.384. The molecule has 0 aliphatic heterocycles. The van der Waals surface area contributed by atoms with Crippen LogP contribution in [0, 0.1) is 16.0 Å². The summed E-state index contributed by atoms with van der Waals surface area (Å²) in [5.41, 5.74) is 1.99. The van der Waals surface area contributed by atoms with Crippen LogP contribution in [-0.2, 0) is 16.0 Å². The molecule has 0 heterocycles. The van der Waals surface area contributed by atoms with Gasteiger partial charge in [-0.3, -0.25) is 14.9 Å². The normalized spacial score (nSPS) is 18.3. The van der Waals surface area contributed by atoms with Crippen LogP contribution >= 0.6 is 0 Å². The van der Waals surface area contributed by atoms with Gasteiger partial charge in [-0.05, 0) is 56.6 Å². The third-order valence-corrected chi connectivity index (χ3v) is 4.73. The summed E-state index contributed by atoms with van der Waals surface area (Å²) in [6.07, 6.45) is 5.53. The van der Waals surface area contributed by atoms with Gasteiger partial charge in [0.05, 0.1) is 11.5 Å². The summed E-state index contributed by atoms with van der Waals surface area (Å²) >= 11 is 0. The predicted octanol–water partition coefficient (Wildman–Crippen LogP) is 3.45. The molecule has 0 amide bonds. The maximum Gasteiger partial charge on any atom is 0.306 e. The lowest BCUT2D eigenvalue weighted by Gasteiger charge is -2.20. The van der Waals surface area contributed by atoms with Gasteiger partial charge < -0.3 is 10.1 Å². The highest BCUT2D eigenvalue weighted by atomic mass is 16.6. The van der Waals surface area contributed by atoms with Crippen LogP contribution in [0.15, 0.2) is 18.2 Å². The van der Waals surface area contributed by atoms with E-state index < -0.39 is 4.92 Å². The molecular weight excluding hydrogens is 296 g/mol. The molecule has 2 aliphatic rings. The van der Waals surface area contributed by atoms with Gasteiger partial charge in [0.2, 0.25) is 0 Å². The number of aryl methyl sites for hydroxylation is 1. The van der Waals surface area contributed by atoms with Gasteiger partial charge in [-0.15, -0.1) is 0 Å². The van der Waals surface area contributed by atoms with Crippen molar-refractivity contribution in [3.63, 3.8) is 0 Å². The SMILES string of the molecule is CCOC(=O)CCc1cc([N+](=O)[O-])ccc1NC1(C2CC2)CC1. The van der Waals surface area contributed by atoms with E-state index in [-0.39, 0.29) is 23.6 Å². The molecule has 2 saturated carbocycles. The first-order valence-corrected chi connectivity index (χ1v) is 8.25. The number of carbonyl (C=O) groups excluding carboxylic acids is 1. The predicted molar refractivity (Wildman–Crippen MR) is 86.4 cm³/mol. The number of anilines is 1. The molecule has 3 rings (SSSR count). The number of esters is 1. The van der Waals surface area contributed by atoms with Crippen molar-refractivity contribution in [3.8, 4) is 0 Å². The maximum atomic E-state index is 11.6. The van der Waals surface area contributed by atoms with Crippen LogP contribution in [0.3, 0.4) is 0 Å². The molecule has 0 radical (unpaired) electrons. The molecule has 1 aromatic carbocycles. The van der Waals surface area contributed by atoms with Gasteiger partial charge in [0, 0.05) is 29.8 Å². The van der Waals surface area contributed by atoms with E-state index in [0.29, 0.717) is 13.0 Å². The molecule has 0 atom stereocenters. The Hall–Kier alpha value is -2.11. The van der Waals surface area contributed by atoms with Crippen LogP contribution in [0.1, 0.15) is 44.6 Å². The van der Waals surface area contributed by atoms with E-state index >= 15 is 0 Å². The minimum Gasteiger partial charge on any atom is -0.466 e. The molecule has 1 aromatic rings. The lowest BCUT2D eigenvalue weighted by Crippen LogP contribution is -2.24. The van der Waals surface area contributed by atoms with Crippen LogP contribution in [0.4, 0.5) is 11.4 Å². The van der Waals surface area contributed by atoms with Crippen molar-refractivity contribution in [2.45, 2.75) is 51.0 Å². The molecular formula is C17H22N2O4. The second kappa shape index (κ2) is 6.18. The second-order valence-corrected chi connectivity index (χ2v) is 6.46. The number of nitrogens with zero attached hydrogens (tertiary/aromatic N) is 1. The van der Waals surface area contributed by atoms with Gasteiger partial charge in [0.1, 0.15) is 0 Å². The zero-order valence-corrected chi connectivity index (χ0v) is 13.3. The number of hydrogen-bond acceptors (Lipinski definition) is 5. The quantitative estimate of drug-likeness (QED) is 0.451. The summed E-state index contributed by atoms with van der Waals surface area (Å²) in [6, 6.07) is 4.88. The number of nitro benzene ring substituents is 1. The summed E-state index contributed by atoms with van der Waals surface area (Å²) in [5, 5.41) is 14.6. The Morgan fingerprint density at radius 2 is 2.17 bits per heavy atom. The first-order valence-electron chi connectivity index (χ1n) is 8.25. The smallest absolute Gasteiger partial charge is 0.306 e. The zero-order valence-electron chi connectivity index (χ0n) is 13.3. The molecule has 6 heteroatoms. The molecule has 0 aromatic heterocycles. The van der Waals surface area contributed by atoms with Gasteiger partial charge in [-0.25, -0.2) is 0 Å². The maximum absolute atomic E-state index is 11.6. The van der Waals surface area contributed by atoms with Crippen molar-refractivity contribution in [3.05, 3.63) is 33.9 Å². The molecule has 124 valence electrons. The summed E-state index contributed by atoms with van der Waals surface area (Å²) < 4.78 is 4.95. The van der Waals surface area contributed by atoms with E-state index in [1.807, 2.05) is 0 Å². The number of benzene rings is 1. The number of non-ortho nitro benzene ring substituents is 1. The fourth-order valence-corrected chi connectivity index (χ4v) is 3.17. The number of nitro groups is 1. The Labute approximate surface area is 135 Å². The van der Waals surface area contributed by atoms with Crippen LogP contribution in [-0.4, -0.2) is 23.0 Å². The van der Waals surface area contributed by atoms with Crippen molar-refractivity contribution in [1.82, 2.24) is 0 Å². The fourth-order valence-electron chi connectivity index (χ4n) is 3.17. The van der Waals surface area contributed by atoms with E-state index in [1.165, 1.54) is 18.9 Å². The summed E-state index contributed by atoms with van der Waals surface area (Å²) in [5.74, 6) is 0.462. The largest absolute Gasteiger partial charge is 0.466 e. The van der Waals surface area contributed by atoms with Crippen molar-refractivity contribution in [2.24, 2.45) is 5.92 Å². The van der Waals surface area contributed by atoms with E-state index in [2.05, 4.69) is 5.32 Å². The molecule has 1 N–H and O–H groups in total. The van der Waals surface area contributed by atoms with Gasteiger partial charge in [0.15, 0.2) is 0 Å². The minimum atomic E-state index is -0.397. The summed E-state index contributed by atoms with van der Waals surface area (Å²) in [4.78, 5) is 22.2. The number of hydrogen-bond donors (Lipinski definition) is 1. The van der Waals surface area contributed by atoms with Crippen molar-refractivity contribution >= 4 is 17.3 Å². The van der Waals surface area contributed by atoms with Crippen LogP contribution < -0.4 is 5.32 Å². The van der Waals surface area contributed by atoms with Crippen molar-refractivity contribution < 1.29 is 14.5 Å². The highest BCUT2D eigenvalue weighted by Gasteiger charge is 2.54. The molecule has 0 unspecified atom stereocenters. The third-order valence-electron chi connectivity index (χ3n) is 4.73. The summed E-state index contributed by atoms with van der Waals surface area (Å²) in [6.45, 7) is 2.12. The average Bonchev–Trinajstić information content (AvgIpc) is 3.39. The number of ether oxygens (including phenoxy) is 1. The van der Waals surface area contributed by atoms with Gasteiger partial charge >= 0.3 is 5.97 Å². The molecule has 0 saturated heterocycles. The first-order chi connectivity index (χ1) is 11.0. The zero-order chi connectivity index (χ0) is 16.4. The van der Waals surface area contributed by atoms with Crippen molar-refractivity contribution in [2.75, 3.05) is 11.9 Å².